The second-order valence-corrected chi connectivity index (χ2v) is 7.87. The number of anilines is 1. The van der Waals surface area contributed by atoms with Crippen LogP contribution in [0, 0.1) is 5.92 Å². The Hall–Kier alpha value is -1.16. The maximum Gasteiger partial charge on any atom is 0.260 e. The summed E-state index contributed by atoms with van der Waals surface area (Å²) in [6.07, 6.45) is 5.76. The number of rotatable bonds is 7. The first-order valence-electron chi connectivity index (χ1n) is 6.99. The lowest BCUT2D eigenvalue weighted by Gasteiger charge is -2.16. The van der Waals surface area contributed by atoms with E-state index in [9.17, 15) is 8.42 Å². The molecule has 7 nitrogen and oxygen atoms in total. The van der Waals surface area contributed by atoms with Gasteiger partial charge in [0.2, 0.25) is 5.03 Å². The lowest BCUT2D eigenvalue weighted by molar-refractivity contribution is 0.493. The maximum absolute atomic E-state index is 12.7. The van der Waals surface area contributed by atoms with Gasteiger partial charge in [0.15, 0.2) is 10.8 Å². The fourth-order valence-electron chi connectivity index (χ4n) is 2.45. The quantitative estimate of drug-likeness (QED) is 0.528. The molecule has 116 valence electrons. The van der Waals surface area contributed by atoms with Gasteiger partial charge < -0.3 is 5.43 Å². The van der Waals surface area contributed by atoms with Crippen molar-refractivity contribution < 1.29 is 8.42 Å². The van der Waals surface area contributed by atoms with Crippen LogP contribution >= 0.6 is 11.3 Å². The summed E-state index contributed by atoms with van der Waals surface area (Å²) in [5.41, 5.74) is 2.38. The van der Waals surface area contributed by atoms with E-state index in [1.54, 1.807) is 16.0 Å². The van der Waals surface area contributed by atoms with E-state index >= 15 is 0 Å². The molecule has 1 aliphatic rings. The monoisotopic (exact) mass is 329 g/mol. The maximum atomic E-state index is 12.7. The molecule has 21 heavy (non-hydrogen) atoms. The summed E-state index contributed by atoms with van der Waals surface area (Å²) >= 11 is 1.36. The Morgan fingerprint density at radius 1 is 1.57 bits per heavy atom. The molecular formula is C12H19N5O2S2. The zero-order chi connectivity index (χ0) is 15.0. The summed E-state index contributed by atoms with van der Waals surface area (Å²) in [6.45, 7) is 1.99. The van der Waals surface area contributed by atoms with Gasteiger partial charge in [-0.05, 0) is 18.8 Å². The Balaban J connectivity index is 1.92. The minimum atomic E-state index is -3.67. The molecule has 1 aliphatic carbocycles. The van der Waals surface area contributed by atoms with Gasteiger partial charge >= 0.3 is 0 Å². The SMILES string of the molecule is CCC(CC1CC1)NS(=O)(=O)c1c(NN)nc2sccn12. The van der Waals surface area contributed by atoms with Crippen LogP contribution in [0.3, 0.4) is 0 Å². The second-order valence-electron chi connectivity index (χ2n) is 5.37. The number of hydrogen-bond donors (Lipinski definition) is 3. The molecule has 0 spiro atoms. The molecule has 1 unspecified atom stereocenters. The molecule has 3 rings (SSSR count). The van der Waals surface area contributed by atoms with Crippen molar-refractivity contribution in [2.45, 2.75) is 43.7 Å². The second kappa shape index (κ2) is 5.56. The molecule has 9 heteroatoms. The molecule has 0 bridgehead atoms. The van der Waals surface area contributed by atoms with Gasteiger partial charge in [-0.15, -0.1) is 11.3 Å². The number of fused-ring (bicyclic) bond motifs is 1. The summed E-state index contributed by atoms with van der Waals surface area (Å²) < 4.78 is 29.7. The Kier molecular flexibility index (Phi) is 3.91. The first-order chi connectivity index (χ1) is 10.0. The summed E-state index contributed by atoms with van der Waals surface area (Å²) in [7, 11) is -3.67. The van der Waals surface area contributed by atoms with Crippen molar-refractivity contribution in [1.29, 1.82) is 0 Å². The number of sulfonamides is 1. The van der Waals surface area contributed by atoms with Crippen molar-refractivity contribution >= 4 is 32.1 Å². The van der Waals surface area contributed by atoms with Gasteiger partial charge in [0, 0.05) is 17.6 Å². The number of thiazole rings is 1. The smallest absolute Gasteiger partial charge is 0.260 e. The summed E-state index contributed by atoms with van der Waals surface area (Å²) in [5.74, 6) is 6.25. The van der Waals surface area contributed by atoms with E-state index in [0.717, 1.165) is 12.8 Å². The Bertz CT molecular complexity index is 732. The van der Waals surface area contributed by atoms with Gasteiger partial charge in [-0.2, -0.15) is 4.98 Å². The predicted molar refractivity (Wildman–Crippen MR) is 82.6 cm³/mol. The molecule has 0 amide bonds. The van der Waals surface area contributed by atoms with E-state index < -0.39 is 10.0 Å². The largest absolute Gasteiger partial charge is 0.306 e. The third-order valence-electron chi connectivity index (χ3n) is 3.74. The molecular weight excluding hydrogens is 310 g/mol. The Morgan fingerprint density at radius 3 is 2.95 bits per heavy atom. The number of hydrazine groups is 1. The van der Waals surface area contributed by atoms with Crippen LogP contribution in [-0.2, 0) is 10.0 Å². The highest BCUT2D eigenvalue weighted by Gasteiger charge is 2.31. The molecule has 0 aliphatic heterocycles. The first kappa shape index (κ1) is 14.8. The molecule has 4 N–H and O–H groups in total. The zero-order valence-corrected chi connectivity index (χ0v) is 13.4. The van der Waals surface area contributed by atoms with Crippen molar-refractivity contribution in [3.05, 3.63) is 11.6 Å². The summed E-state index contributed by atoms with van der Waals surface area (Å²) in [5, 5.41) is 1.87. The third-order valence-corrected chi connectivity index (χ3v) is 6.04. The Morgan fingerprint density at radius 2 is 2.33 bits per heavy atom. The molecule has 1 atom stereocenters. The zero-order valence-electron chi connectivity index (χ0n) is 11.7. The average Bonchev–Trinajstić information content (AvgIpc) is 3.00. The van der Waals surface area contributed by atoms with Gasteiger partial charge in [-0.3, -0.25) is 4.40 Å². The Labute approximate surface area is 127 Å². The minimum absolute atomic E-state index is 0.0442. The van der Waals surface area contributed by atoms with Gasteiger partial charge in [0.1, 0.15) is 0 Å². The molecule has 0 radical (unpaired) electrons. The van der Waals surface area contributed by atoms with Crippen LogP contribution in [0.5, 0.6) is 0 Å². The fourth-order valence-corrected chi connectivity index (χ4v) is 4.80. The highest BCUT2D eigenvalue weighted by Crippen LogP contribution is 2.34. The number of aromatic nitrogens is 2. The van der Waals surface area contributed by atoms with Crippen molar-refractivity contribution in [1.82, 2.24) is 14.1 Å². The fraction of sp³-hybridized carbons (Fsp3) is 0.583. The van der Waals surface area contributed by atoms with E-state index in [2.05, 4.69) is 15.1 Å². The van der Waals surface area contributed by atoms with Crippen LogP contribution in [0.2, 0.25) is 0 Å². The topological polar surface area (TPSA) is 102 Å². The van der Waals surface area contributed by atoms with E-state index in [0.29, 0.717) is 10.9 Å². The normalized spacial score (nSPS) is 17.2. The van der Waals surface area contributed by atoms with Crippen LogP contribution < -0.4 is 16.0 Å². The van der Waals surface area contributed by atoms with Crippen LogP contribution in [0.15, 0.2) is 16.6 Å². The first-order valence-corrected chi connectivity index (χ1v) is 9.36. The number of nitrogen functional groups attached to an aromatic ring is 1. The molecule has 2 heterocycles. The number of imidazole rings is 1. The van der Waals surface area contributed by atoms with Crippen LogP contribution in [0.1, 0.15) is 32.6 Å². The van der Waals surface area contributed by atoms with Crippen molar-refractivity contribution in [3.63, 3.8) is 0 Å². The van der Waals surface area contributed by atoms with Gasteiger partial charge in [0.25, 0.3) is 10.0 Å². The number of hydrogen-bond acceptors (Lipinski definition) is 6. The van der Waals surface area contributed by atoms with E-state index in [1.165, 1.54) is 24.2 Å². The highest BCUT2D eigenvalue weighted by molar-refractivity contribution is 7.89. The molecule has 1 saturated carbocycles. The van der Waals surface area contributed by atoms with Crippen LogP contribution in [0.4, 0.5) is 5.82 Å². The van der Waals surface area contributed by atoms with Gasteiger partial charge in [0.05, 0.1) is 0 Å². The molecule has 0 aromatic carbocycles. The van der Waals surface area contributed by atoms with Crippen molar-refractivity contribution in [2.75, 3.05) is 5.43 Å². The average molecular weight is 329 g/mol. The van der Waals surface area contributed by atoms with E-state index in [1.807, 2.05) is 6.92 Å². The molecule has 2 aromatic heterocycles. The van der Waals surface area contributed by atoms with Crippen molar-refractivity contribution in [3.8, 4) is 0 Å². The predicted octanol–water partition coefficient (Wildman–Crippen LogP) is 1.54. The highest BCUT2D eigenvalue weighted by atomic mass is 32.2. The van der Waals surface area contributed by atoms with Crippen molar-refractivity contribution in [2.24, 2.45) is 11.8 Å². The van der Waals surface area contributed by atoms with Gasteiger partial charge in [-0.25, -0.2) is 19.0 Å². The summed E-state index contributed by atoms with van der Waals surface area (Å²) in [6, 6.07) is -0.0442. The van der Waals surface area contributed by atoms with Gasteiger partial charge in [-0.1, -0.05) is 19.8 Å². The standard InChI is InChI=1S/C12H19N5O2S2/c1-2-9(7-8-3-4-8)16-21(18,19)11-10(15-13)14-12-17(11)5-6-20-12/h5-6,8-9,15-16H,2-4,7,13H2,1H3. The molecule has 1 fully saturated rings. The number of nitrogens with one attached hydrogen (secondary N) is 2. The lowest BCUT2D eigenvalue weighted by Crippen LogP contribution is -2.35. The van der Waals surface area contributed by atoms with E-state index in [4.69, 9.17) is 5.84 Å². The number of nitrogens with zero attached hydrogens (tertiary/aromatic N) is 2. The molecule has 2 aromatic rings. The van der Waals surface area contributed by atoms with Crippen LogP contribution in [0.25, 0.3) is 4.96 Å². The lowest BCUT2D eigenvalue weighted by atomic mass is 10.1. The van der Waals surface area contributed by atoms with E-state index in [-0.39, 0.29) is 16.9 Å². The third kappa shape index (κ3) is 2.91. The minimum Gasteiger partial charge on any atom is -0.306 e. The van der Waals surface area contributed by atoms with Crippen LogP contribution in [-0.4, -0.2) is 23.8 Å². The summed E-state index contributed by atoms with van der Waals surface area (Å²) in [4.78, 5) is 4.79. The molecule has 0 saturated heterocycles. The number of nitrogens with two attached hydrogens (primary N) is 1.